The standard InChI is InChI=1S/C13H15NO/c1-2-3-6-9-14-10-12-7-4-5-8-13(12)15-11-14/h4-5,7-8H,2-3,10-11H2,1H3. The van der Waals surface area contributed by atoms with Crippen LogP contribution in [0.2, 0.25) is 0 Å². The van der Waals surface area contributed by atoms with Crippen molar-refractivity contribution >= 4 is 0 Å². The summed E-state index contributed by atoms with van der Waals surface area (Å²) in [4.78, 5) is 2.01. The van der Waals surface area contributed by atoms with E-state index in [1.807, 2.05) is 23.1 Å². The van der Waals surface area contributed by atoms with Crippen LogP contribution in [-0.4, -0.2) is 11.6 Å². The van der Waals surface area contributed by atoms with Gasteiger partial charge in [-0.1, -0.05) is 31.0 Å². The molecule has 0 fully saturated rings. The molecule has 0 aliphatic carbocycles. The Bertz CT molecular complexity index is 389. The van der Waals surface area contributed by atoms with Crippen molar-refractivity contribution in [1.82, 2.24) is 4.90 Å². The Morgan fingerprint density at radius 2 is 2.27 bits per heavy atom. The molecule has 0 atom stereocenters. The van der Waals surface area contributed by atoms with Crippen LogP contribution in [0.5, 0.6) is 5.75 Å². The summed E-state index contributed by atoms with van der Waals surface area (Å²) < 4.78 is 5.59. The molecule has 1 aromatic carbocycles. The van der Waals surface area contributed by atoms with Gasteiger partial charge in [0.15, 0.2) is 6.73 Å². The molecule has 0 amide bonds. The molecule has 1 aromatic rings. The summed E-state index contributed by atoms with van der Waals surface area (Å²) in [6, 6.07) is 11.2. The average Bonchev–Trinajstić information content (AvgIpc) is 2.29. The van der Waals surface area contributed by atoms with Crippen LogP contribution in [-0.2, 0) is 6.54 Å². The van der Waals surface area contributed by atoms with Crippen LogP contribution in [0.4, 0.5) is 0 Å². The Labute approximate surface area is 90.9 Å². The third-order valence-electron chi connectivity index (χ3n) is 2.32. The van der Waals surface area contributed by atoms with Crippen molar-refractivity contribution in [3.63, 3.8) is 0 Å². The second kappa shape index (κ2) is 4.75. The normalized spacial score (nSPS) is 13.5. The van der Waals surface area contributed by atoms with Crippen LogP contribution in [0, 0.1) is 12.0 Å². The van der Waals surface area contributed by atoms with Crippen molar-refractivity contribution in [2.45, 2.75) is 26.3 Å². The van der Waals surface area contributed by atoms with Crippen molar-refractivity contribution in [2.75, 3.05) is 6.73 Å². The van der Waals surface area contributed by atoms with Crippen LogP contribution < -0.4 is 4.74 Å². The van der Waals surface area contributed by atoms with Gasteiger partial charge >= 0.3 is 0 Å². The number of fused-ring (bicyclic) bond motifs is 1. The fourth-order valence-corrected chi connectivity index (χ4v) is 1.54. The van der Waals surface area contributed by atoms with Gasteiger partial charge in [0.2, 0.25) is 0 Å². The molecule has 1 aliphatic rings. The summed E-state index contributed by atoms with van der Waals surface area (Å²) in [5.74, 6) is 4.12. The average molecular weight is 201 g/mol. The molecule has 78 valence electrons. The number of nitrogens with zero attached hydrogens (tertiary/aromatic N) is 1. The van der Waals surface area contributed by atoms with Gasteiger partial charge in [-0.25, -0.2) is 0 Å². The van der Waals surface area contributed by atoms with Gasteiger partial charge in [-0.3, -0.25) is 4.90 Å². The quantitative estimate of drug-likeness (QED) is 0.647. The summed E-state index contributed by atoms with van der Waals surface area (Å²) in [6.45, 7) is 3.58. The van der Waals surface area contributed by atoms with Crippen molar-refractivity contribution in [3.05, 3.63) is 29.8 Å². The minimum atomic E-state index is 0.577. The number of ether oxygens (including phenoxy) is 1. The van der Waals surface area contributed by atoms with Gasteiger partial charge in [0.1, 0.15) is 5.75 Å². The highest BCUT2D eigenvalue weighted by Crippen LogP contribution is 2.23. The van der Waals surface area contributed by atoms with Gasteiger partial charge in [0.05, 0.1) is 6.54 Å². The van der Waals surface area contributed by atoms with Gasteiger partial charge < -0.3 is 4.74 Å². The van der Waals surface area contributed by atoms with Crippen LogP contribution in [0.1, 0.15) is 25.3 Å². The fraction of sp³-hybridized carbons (Fsp3) is 0.385. The number of benzene rings is 1. The van der Waals surface area contributed by atoms with Crippen LogP contribution in [0.25, 0.3) is 0 Å². The summed E-state index contributed by atoms with van der Waals surface area (Å²) >= 11 is 0. The molecule has 0 unspecified atom stereocenters. The summed E-state index contributed by atoms with van der Waals surface area (Å²) in [5, 5.41) is 0. The molecule has 2 nitrogen and oxygen atoms in total. The first kappa shape index (κ1) is 9.92. The van der Waals surface area contributed by atoms with Gasteiger partial charge in [-0.2, -0.15) is 0 Å². The number of hydrogen-bond acceptors (Lipinski definition) is 2. The maximum absolute atomic E-state index is 5.59. The highest BCUT2D eigenvalue weighted by Gasteiger charge is 2.13. The minimum Gasteiger partial charge on any atom is -0.472 e. The zero-order valence-electron chi connectivity index (χ0n) is 8.99. The SMILES string of the molecule is CCCC#CN1COc2ccccc2C1. The molecule has 15 heavy (non-hydrogen) atoms. The van der Waals surface area contributed by atoms with E-state index < -0.39 is 0 Å². The van der Waals surface area contributed by atoms with Crippen molar-refractivity contribution < 1.29 is 4.74 Å². The first-order valence-corrected chi connectivity index (χ1v) is 5.34. The molecule has 0 saturated heterocycles. The van der Waals surface area contributed by atoms with Crippen LogP contribution in [0.15, 0.2) is 24.3 Å². The Kier molecular flexibility index (Phi) is 3.14. The second-order valence-electron chi connectivity index (χ2n) is 3.62. The molecule has 0 aromatic heterocycles. The molecule has 1 aliphatic heterocycles. The molecule has 0 bridgehead atoms. The zero-order valence-corrected chi connectivity index (χ0v) is 8.99. The van der Waals surface area contributed by atoms with E-state index in [4.69, 9.17) is 4.74 Å². The van der Waals surface area contributed by atoms with E-state index in [2.05, 4.69) is 25.0 Å². The maximum Gasteiger partial charge on any atom is 0.168 e. The number of para-hydroxylation sites is 1. The molecule has 0 spiro atoms. The first-order valence-electron chi connectivity index (χ1n) is 5.34. The largest absolute Gasteiger partial charge is 0.472 e. The van der Waals surface area contributed by atoms with Crippen molar-refractivity contribution in [3.8, 4) is 17.7 Å². The molecule has 1 heterocycles. The smallest absolute Gasteiger partial charge is 0.168 e. The highest BCUT2D eigenvalue weighted by molar-refractivity contribution is 5.34. The van der Waals surface area contributed by atoms with E-state index in [0.29, 0.717) is 6.73 Å². The molecule has 2 heteroatoms. The van der Waals surface area contributed by atoms with Crippen molar-refractivity contribution in [2.24, 2.45) is 0 Å². The zero-order chi connectivity index (χ0) is 10.5. The van der Waals surface area contributed by atoms with Gasteiger partial charge in [-0.05, 0) is 12.5 Å². The van der Waals surface area contributed by atoms with Crippen molar-refractivity contribution in [1.29, 1.82) is 0 Å². The van der Waals surface area contributed by atoms with Crippen LogP contribution in [0.3, 0.4) is 0 Å². The third kappa shape index (κ3) is 2.44. The molecular weight excluding hydrogens is 186 g/mol. The van der Waals surface area contributed by atoms with E-state index >= 15 is 0 Å². The lowest BCUT2D eigenvalue weighted by atomic mass is 10.2. The first-order chi connectivity index (χ1) is 7.40. The van der Waals surface area contributed by atoms with Gasteiger partial charge in [-0.15, -0.1) is 0 Å². The molecule has 0 saturated carbocycles. The van der Waals surface area contributed by atoms with Gasteiger partial charge in [0.25, 0.3) is 0 Å². The Balaban J connectivity index is 2.03. The topological polar surface area (TPSA) is 12.5 Å². The number of unbranched alkanes of at least 4 members (excludes halogenated alkanes) is 1. The Morgan fingerprint density at radius 1 is 1.40 bits per heavy atom. The third-order valence-corrected chi connectivity index (χ3v) is 2.32. The fourth-order valence-electron chi connectivity index (χ4n) is 1.54. The Morgan fingerprint density at radius 3 is 3.13 bits per heavy atom. The lowest BCUT2D eigenvalue weighted by molar-refractivity contribution is 0.150. The van der Waals surface area contributed by atoms with E-state index in [1.54, 1.807) is 0 Å². The highest BCUT2D eigenvalue weighted by atomic mass is 16.5. The van der Waals surface area contributed by atoms with E-state index in [-0.39, 0.29) is 0 Å². The summed E-state index contributed by atoms with van der Waals surface area (Å²) in [6.07, 6.45) is 2.07. The second-order valence-corrected chi connectivity index (χ2v) is 3.62. The summed E-state index contributed by atoms with van der Waals surface area (Å²) in [7, 11) is 0. The summed E-state index contributed by atoms with van der Waals surface area (Å²) in [5.41, 5.74) is 1.22. The molecule has 0 N–H and O–H groups in total. The van der Waals surface area contributed by atoms with E-state index in [1.165, 1.54) is 5.56 Å². The Hall–Kier alpha value is -1.62. The molecular formula is C13H15NO. The van der Waals surface area contributed by atoms with Crippen LogP contribution >= 0.6 is 0 Å². The number of hydrogen-bond donors (Lipinski definition) is 0. The maximum atomic E-state index is 5.59. The predicted molar refractivity (Wildman–Crippen MR) is 60.2 cm³/mol. The lowest BCUT2D eigenvalue weighted by Gasteiger charge is -2.25. The predicted octanol–water partition coefficient (Wildman–Crippen LogP) is 2.60. The monoisotopic (exact) mass is 201 g/mol. The van der Waals surface area contributed by atoms with E-state index in [0.717, 1.165) is 25.1 Å². The minimum absolute atomic E-state index is 0.577. The lowest BCUT2D eigenvalue weighted by Crippen LogP contribution is -2.27. The van der Waals surface area contributed by atoms with Gasteiger partial charge in [0, 0.05) is 18.0 Å². The molecule has 0 radical (unpaired) electrons. The van der Waals surface area contributed by atoms with E-state index in [9.17, 15) is 0 Å². The molecule has 2 rings (SSSR count). The number of rotatable bonds is 1.